The monoisotopic (exact) mass is 531 g/mol. The van der Waals surface area contributed by atoms with Crippen LogP contribution in [-0.2, 0) is 0 Å². The number of benzene rings is 4. The minimum Gasteiger partial charge on any atom is -0.322 e. The summed E-state index contributed by atoms with van der Waals surface area (Å²) >= 11 is 0. The molecule has 5 nitrogen and oxygen atoms in total. The van der Waals surface area contributed by atoms with Gasteiger partial charge in [0.15, 0.2) is 0 Å². The van der Waals surface area contributed by atoms with Crippen molar-refractivity contribution in [1.29, 1.82) is 0 Å². The number of nitrogens with zero attached hydrogens (tertiary/aromatic N) is 2. The Kier molecular flexibility index (Phi) is 8.42. The van der Waals surface area contributed by atoms with Gasteiger partial charge in [0.2, 0.25) is 0 Å². The smallest absolute Gasteiger partial charge is 0.258 e. The fourth-order valence-corrected chi connectivity index (χ4v) is 5.70. The van der Waals surface area contributed by atoms with Gasteiger partial charge in [-0.2, -0.15) is 0 Å². The van der Waals surface area contributed by atoms with Crippen LogP contribution in [0.5, 0.6) is 0 Å². The molecule has 0 spiro atoms. The molecule has 0 bridgehead atoms. The zero-order valence-corrected chi connectivity index (χ0v) is 23.6. The van der Waals surface area contributed by atoms with E-state index >= 15 is 0 Å². The van der Waals surface area contributed by atoms with E-state index in [1.165, 1.54) is 11.1 Å². The van der Waals surface area contributed by atoms with Crippen molar-refractivity contribution in [2.24, 2.45) is 0 Å². The summed E-state index contributed by atoms with van der Waals surface area (Å²) in [6.45, 7) is 9.08. The number of fused-ring (bicyclic) bond motifs is 1. The van der Waals surface area contributed by atoms with Gasteiger partial charge in [0.1, 0.15) is 0 Å². The van der Waals surface area contributed by atoms with Crippen molar-refractivity contribution in [1.82, 2.24) is 4.90 Å². The highest BCUT2D eigenvalue weighted by Crippen LogP contribution is 2.37. The number of hydrogen-bond donors (Lipinski definition) is 1. The molecule has 1 unspecified atom stereocenters. The molecule has 0 aliphatic carbocycles. The number of amides is 2. The van der Waals surface area contributed by atoms with Crippen LogP contribution in [0.2, 0.25) is 0 Å². The Morgan fingerprint density at radius 1 is 0.850 bits per heavy atom. The van der Waals surface area contributed by atoms with Crippen LogP contribution in [0, 0.1) is 6.92 Å². The van der Waals surface area contributed by atoms with Gasteiger partial charge in [-0.15, -0.1) is 0 Å². The number of anilines is 2. The summed E-state index contributed by atoms with van der Waals surface area (Å²) in [7, 11) is 0. The van der Waals surface area contributed by atoms with Gasteiger partial charge >= 0.3 is 0 Å². The Morgan fingerprint density at radius 2 is 1.52 bits per heavy atom. The van der Waals surface area contributed by atoms with E-state index in [0.717, 1.165) is 42.7 Å². The van der Waals surface area contributed by atoms with Crippen molar-refractivity contribution < 1.29 is 9.59 Å². The summed E-state index contributed by atoms with van der Waals surface area (Å²) < 4.78 is 0. The summed E-state index contributed by atoms with van der Waals surface area (Å²) in [4.78, 5) is 31.4. The van der Waals surface area contributed by atoms with Crippen molar-refractivity contribution in [2.45, 2.75) is 39.7 Å². The Hall–Kier alpha value is -4.22. The predicted molar refractivity (Wildman–Crippen MR) is 164 cm³/mol. The first kappa shape index (κ1) is 27.4. The molecule has 1 atom stereocenters. The van der Waals surface area contributed by atoms with Crippen LogP contribution < -0.4 is 10.2 Å². The molecule has 4 aromatic rings. The lowest BCUT2D eigenvalue weighted by molar-refractivity contribution is 0.0985. The van der Waals surface area contributed by atoms with Crippen LogP contribution in [0.4, 0.5) is 11.4 Å². The molecule has 1 heterocycles. The minimum atomic E-state index is -0.181. The van der Waals surface area contributed by atoms with Crippen molar-refractivity contribution >= 4 is 23.2 Å². The molecule has 0 aromatic heterocycles. The molecular formula is C35H37N3O2. The summed E-state index contributed by atoms with van der Waals surface area (Å²) in [6, 6.07) is 31.6. The maximum absolute atomic E-state index is 13.7. The normalized spacial score (nSPS) is 14.9. The molecular weight excluding hydrogens is 494 g/mol. The lowest BCUT2D eigenvalue weighted by atomic mass is 9.98. The summed E-state index contributed by atoms with van der Waals surface area (Å²) in [5.74, 6) is -0.200. The number of carbonyl (C=O) groups excluding carboxylic acids is 2. The van der Waals surface area contributed by atoms with Gasteiger partial charge in [-0.25, -0.2) is 0 Å². The predicted octanol–water partition coefficient (Wildman–Crippen LogP) is 7.74. The van der Waals surface area contributed by atoms with Gasteiger partial charge < -0.3 is 10.2 Å². The summed E-state index contributed by atoms with van der Waals surface area (Å²) in [5.41, 5.74) is 7.13. The zero-order valence-electron chi connectivity index (χ0n) is 23.6. The molecule has 4 aromatic carbocycles. The van der Waals surface area contributed by atoms with Gasteiger partial charge in [0, 0.05) is 35.1 Å². The van der Waals surface area contributed by atoms with Crippen LogP contribution in [0.25, 0.3) is 11.1 Å². The number of nitrogens with one attached hydrogen (secondary N) is 1. The number of hydrogen-bond acceptors (Lipinski definition) is 3. The Labute approximate surface area is 237 Å². The van der Waals surface area contributed by atoms with E-state index in [2.05, 4.69) is 42.3 Å². The Balaban J connectivity index is 1.34. The average Bonchev–Trinajstić information content (AvgIpc) is 3.18. The standard InChI is InChI=1S/C35H37N3O2/c1-4-37(5-2)32-15-10-24-38(33-14-9-8-13-31(32)33)35(40)27-20-22-28(23-21-27)36-34(39)30-12-7-6-11-29(30)26-18-16-25(3)17-19-26/h6-9,11-14,16-23,32H,4-5,10,15,24H2,1-3H3,(H,36,39). The SMILES string of the molecule is CCN(CC)C1CCCN(C(=O)c2ccc(NC(=O)c3ccccc3-c3ccc(C)cc3)cc2)c2ccccc21. The van der Waals surface area contributed by atoms with Crippen LogP contribution in [0.3, 0.4) is 0 Å². The maximum Gasteiger partial charge on any atom is 0.258 e. The average molecular weight is 532 g/mol. The van der Waals surface area contributed by atoms with Gasteiger partial charge in [0.05, 0.1) is 0 Å². The highest BCUT2D eigenvalue weighted by molar-refractivity contribution is 6.09. The fraction of sp³-hybridized carbons (Fsp3) is 0.257. The van der Waals surface area contributed by atoms with Crippen molar-refractivity contribution in [2.75, 3.05) is 29.9 Å². The molecule has 5 rings (SSSR count). The largest absolute Gasteiger partial charge is 0.322 e. The van der Waals surface area contributed by atoms with Crippen LogP contribution >= 0.6 is 0 Å². The molecule has 5 heteroatoms. The van der Waals surface area contributed by atoms with E-state index in [0.29, 0.717) is 29.4 Å². The van der Waals surface area contributed by atoms with Crippen molar-refractivity contribution in [3.63, 3.8) is 0 Å². The van der Waals surface area contributed by atoms with Crippen molar-refractivity contribution in [3.05, 3.63) is 119 Å². The first-order chi connectivity index (χ1) is 19.5. The number of para-hydroxylation sites is 1. The third kappa shape index (κ3) is 5.70. The first-order valence-corrected chi connectivity index (χ1v) is 14.2. The molecule has 0 radical (unpaired) electrons. The molecule has 0 fully saturated rings. The third-order valence-electron chi connectivity index (χ3n) is 7.87. The maximum atomic E-state index is 13.7. The molecule has 0 saturated carbocycles. The Bertz CT molecular complexity index is 1470. The lowest BCUT2D eigenvalue weighted by Gasteiger charge is -2.30. The van der Waals surface area contributed by atoms with Crippen LogP contribution in [0.15, 0.2) is 97.1 Å². The van der Waals surface area contributed by atoms with Crippen molar-refractivity contribution in [3.8, 4) is 11.1 Å². The van der Waals surface area contributed by atoms with Gasteiger partial charge in [-0.1, -0.05) is 80.1 Å². The van der Waals surface area contributed by atoms with E-state index in [1.807, 2.05) is 78.6 Å². The highest BCUT2D eigenvalue weighted by Gasteiger charge is 2.29. The fourth-order valence-electron chi connectivity index (χ4n) is 5.70. The topological polar surface area (TPSA) is 52.6 Å². The second kappa shape index (κ2) is 12.3. The van der Waals surface area contributed by atoms with Crippen LogP contribution in [-0.4, -0.2) is 36.3 Å². The molecule has 0 saturated heterocycles. The molecule has 1 aliphatic rings. The van der Waals surface area contributed by atoms with E-state index in [9.17, 15) is 9.59 Å². The number of aryl methyl sites for hydroxylation is 1. The quantitative estimate of drug-likeness (QED) is 0.265. The van der Waals surface area contributed by atoms with Gasteiger partial charge in [-0.05, 0) is 85.9 Å². The van der Waals surface area contributed by atoms with Gasteiger partial charge in [0.25, 0.3) is 11.8 Å². The second-order valence-electron chi connectivity index (χ2n) is 10.3. The van der Waals surface area contributed by atoms with E-state index < -0.39 is 0 Å². The molecule has 2 amide bonds. The summed E-state index contributed by atoms with van der Waals surface area (Å²) in [5, 5.41) is 3.01. The second-order valence-corrected chi connectivity index (χ2v) is 10.3. The van der Waals surface area contributed by atoms with Gasteiger partial charge in [-0.3, -0.25) is 14.5 Å². The zero-order chi connectivity index (χ0) is 28.1. The van der Waals surface area contributed by atoms with E-state index in [4.69, 9.17) is 0 Å². The number of rotatable bonds is 7. The third-order valence-corrected chi connectivity index (χ3v) is 7.87. The highest BCUT2D eigenvalue weighted by atomic mass is 16.2. The Morgan fingerprint density at radius 3 is 2.25 bits per heavy atom. The summed E-state index contributed by atoms with van der Waals surface area (Å²) in [6.07, 6.45) is 1.97. The lowest BCUT2D eigenvalue weighted by Crippen LogP contribution is -2.32. The molecule has 204 valence electrons. The van der Waals surface area contributed by atoms with E-state index in [-0.39, 0.29) is 11.8 Å². The first-order valence-electron chi connectivity index (χ1n) is 14.2. The van der Waals surface area contributed by atoms with Crippen LogP contribution in [0.1, 0.15) is 64.6 Å². The molecule has 1 N–H and O–H groups in total. The molecule has 1 aliphatic heterocycles. The molecule has 40 heavy (non-hydrogen) atoms. The van der Waals surface area contributed by atoms with E-state index in [1.54, 1.807) is 12.1 Å². The minimum absolute atomic E-state index is 0.0183. The number of carbonyl (C=O) groups is 2.